The Morgan fingerprint density at radius 1 is 1.27 bits per heavy atom. The van der Waals surface area contributed by atoms with Gasteiger partial charge in [-0.15, -0.1) is 0 Å². The standard InChI is InChI=1S/C22H24ClN3O4/c1-14(15-6-4-3-5-7-15)25-22(29)26-13-20(27)24-12-17(21(26)28)10-16-11-18(23)8-9-19(16)30-2/h3-9,11,14,17H,10,12-13H2,1-2H3,(H,24,27)(H,25,29)/t14-,17?/m1/s1. The number of hydrogen-bond acceptors (Lipinski definition) is 4. The SMILES string of the molecule is COc1ccc(Cl)cc1CC1CNC(=O)CN(C(=O)N[C@H](C)c2ccccc2)C1=O. The number of amides is 4. The molecule has 8 heteroatoms. The molecule has 1 unspecified atom stereocenters. The molecule has 1 aliphatic rings. The number of nitrogens with zero attached hydrogens (tertiary/aromatic N) is 1. The maximum Gasteiger partial charge on any atom is 0.325 e. The Morgan fingerprint density at radius 2 is 2.00 bits per heavy atom. The summed E-state index contributed by atoms with van der Waals surface area (Å²) in [6.45, 7) is 1.63. The summed E-state index contributed by atoms with van der Waals surface area (Å²) in [4.78, 5) is 39.1. The van der Waals surface area contributed by atoms with Crippen LogP contribution in [-0.4, -0.2) is 42.9 Å². The van der Waals surface area contributed by atoms with E-state index in [0.717, 1.165) is 16.0 Å². The van der Waals surface area contributed by atoms with Crippen LogP contribution in [0.15, 0.2) is 48.5 Å². The van der Waals surface area contributed by atoms with Gasteiger partial charge in [0.05, 0.1) is 19.1 Å². The van der Waals surface area contributed by atoms with Crippen molar-refractivity contribution in [3.05, 3.63) is 64.7 Å². The molecule has 0 aliphatic carbocycles. The first-order valence-electron chi connectivity index (χ1n) is 9.65. The van der Waals surface area contributed by atoms with E-state index in [2.05, 4.69) is 10.6 Å². The van der Waals surface area contributed by atoms with Crippen molar-refractivity contribution in [1.29, 1.82) is 0 Å². The fourth-order valence-corrected chi connectivity index (χ4v) is 3.61. The van der Waals surface area contributed by atoms with E-state index in [0.29, 0.717) is 10.8 Å². The van der Waals surface area contributed by atoms with Gasteiger partial charge >= 0.3 is 6.03 Å². The van der Waals surface area contributed by atoms with E-state index in [1.807, 2.05) is 37.3 Å². The maximum absolute atomic E-state index is 13.1. The van der Waals surface area contributed by atoms with Gasteiger partial charge in [-0.1, -0.05) is 41.9 Å². The van der Waals surface area contributed by atoms with E-state index < -0.39 is 17.9 Å². The Hall–Kier alpha value is -3.06. The number of carbonyl (C=O) groups excluding carboxylic acids is 3. The van der Waals surface area contributed by atoms with Gasteiger partial charge in [-0.2, -0.15) is 0 Å². The molecule has 1 saturated heterocycles. The molecule has 2 aromatic rings. The van der Waals surface area contributed by atoms with Crippen LogP contribution in [0.1, 0.15) is 24.1 Å². The van der Waals surface area contributed by atoms with Gasteiger partial charge in [0, 0.05) is 11.6 Å². The molecule has 0 saturated carbocycles. The number of rotatable bonds is 5. The van der Waals surface area contributed by atoms with Crippen molar-refractivity contribution in [2.24, 2.45) is 5.92 Å². The van der Waals surface area contributed by atoms with Gasteiger partial charge in [0.25, 0.3) is 0 Å². The van der Waals surface area contributed by atoms with Crippen LogP contribution in [0.2, 0.25) is 5.02 Å². The van der Waals surface area contributed by atoms with Gasteiger partial charge in [-0.3, -0.25) is 14.5 Å². The summed E-state index contributed by atoms with van der Waals surface area (Å²) in [5.74, 6) is -0.836. The molecule has 2 N–H and O–H groups in total. The molecular weight excluding hydrogens is 406 g/mol. The third kappa shape index (κ3) is 5.10. The average Bonchev–Trinajstić information content (AvgIpc) is 2.88. The van der Waals surface area contributed by atoms with Gasteiger partial charge in [0.1, 0.15) is 12.3 Å². The van der Waals surface area contributed by atoms with Crippen molar-refractivity contribution in [2.45, 2.75) is 19.4 Å². The first-order chi connectivity index (χ1) is 14.4. The smallest absolute Gasteiger partial charge is 0.325 e. The van der Waals surface area contributed by atoms with E-state index >= 15 is 0 Å². The fraction of sp³-hybridized carbons (Fsp3) is 0.318. The van der Waals surface area contributed by atoms with Crippen LogP contribution in [0.4, 0.5) is 4.79 Å². The molecule has 1 aliphatic heterocycles. The molecular formula is C22H24ClN3O4. The molecule has 158 valence electrons. The third-order valence-electron chi connectivity index (χ3n) is 5.06. The van der Waals surface area contributed by atoms with Crippen molar-refractivity contribution in [3.63, 3.8) is 0 Å². The van der Waals surface area contributed by atoms with Crippen molar-refractivity contribution in [2.75, 3.05) is 20.2 Å². The molecule has 1 heterocycles. The molecule has 1 fully saturated rings. The molecule has 0 aromatic heterocycles. The van der Waals surface area contributed by atoms with Gasteiger partial charge in [-0.25, -0.2) is 4.79 Å². The minimum absolute atomic E-state index is 0.130. The van der Waals surface area contributed by atoms with Crippen LogP contribution in [0.5, 0.6) is 5.75 Å². The second-order valence-corrected chi connectivity index (χ2v) is 7.60. The first-order valence-corrected chi connectivity index (χ1v) is 10.0. The summed E-state index contributed by atoms with van der Waals surface area (Å²) in [6.07, 6.45) is 0.279. The van der Waals surface area contributed by atoms with Crippen LogP contribution >= 0.6 is 11.6 Å². The van der Waals surface area contributed by atoms with Crippen LogP contribution in [0.25, 0.3) is 0 Å². The number of urea groups is 1. The molecule has 0 spiro atoms. The zero-order chi connectivity index (χ0) is 21.7. The number of nitrogens with one attached hydrogen (secondary N) is 2. The Balaban J connectivity index is 1.78. The normalized spacial score (nSPS) is 17.7. The van der Waals surface area contributed by atoms with E-state index in [-0.39, 0.29) is 31.5 Å². The molecule has 2 atom stereocenters. The lowest BCUT2D eigenvalue weighted by Crippen LogP contribution is -2.48. The van der Waals surface area contributed by atoms with E-state index in [9.17, 15) is 14.4 Å². The number of halogens is 1. The summed E-state index contributed by atoms with van der Waals surface area (Å²) in [5.41, 5.74) is 1.63. The average molecular weight is 430 g/mol. The van der Waals surface area contributed by atoms with Crippen molar-refractivity contribution in [3.8, 4) is 5.75 Å². The number of benzene rings is 2. The summed E-state index contributed by atoms with van der Waals surface area (Å²) >= 11 is 6.09. The Labute approximate surface area is 180 Å². The second kappa shape index (κ2) is 9.63. The largest absolute Gasteiger partial charge is 0.496 e. The maximum atomic E-state index is 13.1. The highest BCUT2D eigenvalue weighted by Gasteiger charge is 2.34. The zero-order valence-corrected chi connectivity index (χ0v) is 17.6. The molecule has 2 aromatic carbocycles. The van der Waals surface area contributed by atoms with Gasteiger partial charge in [0.2, 0.25) is 11.8 Å². The summed E-state index contributed by atoms with van der Waals surface area (Å²) < 4.78 is 5.36. The lowest BCUT2D eigenvalue weighted by atomic mass is 9.97. The molecule has 7 nitrogen and oxygen atoms in total. The third-order valence-corrected chi connectivity index (χ3v) is 5.29. The number of carbonyl (C=O) groups is 3. The first kappa shape index (κ1) is 21.6. The topological polar surface area (TPSA) is 87.7 Å². The lowest BCUT2D eigenvalue weighted by molar-refractivity contribution is -0.133. The number of methoxy groups -OCH3 is 1. The summed E-state index contributed by atoms with van der Waals surface area (Å²) in [6, 6.07) is 13.6. The Kier molecular flexibility index (Phi) is 6.95. The van der Waals surface area contributed by atoms with Gasteiger partial charge < -0.3 is 15.4 Å². The number of hydrogen-bond donors (Lipinski definition) is 2. The van der Waals surface area contributed by atoms with Crippen LogP contribution in [0.3, 0.4) is 0 Å². The number of imide groups is 1. The van der Waals surface area contributed by atoms with E-state index in [4.69, 9.17) is 16.3 Å². The molecule has 0 bridgehead atoms. The van der Waals surface area contributed by atoms with Gasteiger partial charge in [0.15, 0.2) is 0 Å². The van der Waals surface area contributed by atoms with Gasteiger partial charge in [-0.05, 0) is 42.7 Å². The highest BCUT2D eigenvalue weighted by Crippen LogP contribution is 2.26. The summed E-state index contributed by atoms with van der Waals surface area (Å²) in [5, 5.41) is 6.03. The fourth-order valence-electron chi connectivity index (χ4n) is 3.41. The Bertz CT molecular complexity index is 935. The van der Waals surface area contributed by atoms with Crippen molar-refractivity contribution < 1.29 is 19.1 Å². The van der Waals surface area contributed by atoms with Crippen molar-refractivity contribution in [1.82, 2.24) is 15.5 Å². The highest BCUT2D eigenvalue weighted by atomic mass is 35.5. The molecule has 0 radical (unpaired) electrons. The summed E-state index contributed by atoms with van der Waals surface area (Å²) in [7, 11) is 1.54. The zero-order valence-electron chi connectivity index (χ0n) is 16.9. The molecule has 3 rings (SSSR count). The van der Waals surface area contributed by atoms with Crippen molar-refractivity contribution >= 4 is 29.4 Å². The minimum Gasteiger partial charge on any atom is -0.496 e. The quantitative estimate of drug-likeness (QED) is 0.764. The second-order valence-electron chi connectivity index (χ2n) is 7.17. The highest BCUT2D eigenvalue weighted by molar-refractivity contribution is 6.30. The monoisotopic (exact) mass is 429 g/mol. The number of ether oxygens (including phenoxy) is 1. The molecule has 4 amide bonds. The van der Waals surface area contributed by atoms with Crippen LogP contribution in [0, 0.1) is 5.92 Å². The van der Waals surface area contributed by atoms with Crippen LogP contribution < -0.4 is 15.4 Å². The molecule has 30 heavy (non-hydrogen) atoms. The van der Waals surface area contributed by atoms with Crippen LogP contribution in [-0.2, 0) is 16.0 Å². The predicted molar refractivity (Wildman–Crippen MR) is 113 cm³/mol. The minimum atomic E-state index is -0.624. The lowest BCUT2D eigenvalue weighted by Gasteiger charge is -2.24. The van der Waals surface area contributed by atoms with E-state index in [1.54, 1.807) is 18.2 Å². The predicted octanol–water partition coefficient (Wildman–Crippen LogP) is 2.94. The van der Waals surface area contributed by atoms with E-state index in [1.165, 1.54) is 7.11 Å². The Morgan fingerprint density at radius 3 is 2.70 bits per heavy atom.